The van der Waals surface area contributed by atoms with E-state index >= 15 is 0 Å². The zero-order valence-electron chi connectivity index (χ0n) is 17.8. The van der Waals surface area contributed by atoms with E-state index in [1.807, 2.05) is 0 Å². The van der Waals surface area contributed by atoms with Crippen molar-refractivity contribution in [3.8, 4) is 0 Å². The van der Waals surface area contributed by atoms with Gasteiger partial charge in [-0.2, -0.15) is 0 Å². The molecule has 0 spiro atoms. The lowest BCUT2D eigenvalue weighted by atomic mass is 10.0. The van der Waals surface area contributed by atoms with E-state index in [-0.39, 0.29) is 0 Å². The Balaban J connectivity index is 0. The standard InChI is InChI=1S/C18H39N.C4H11N/c1-2-3-4-5-6-7-8-9-10-11-12-13-14-15-16-17-18-19;1-4-5(2)3/h2-19H2,1H3;4H2,1-3H3. The van der Waals surface area contributed by atoms with E-state index < -0.39 is 0 Å². The molecule has 0 unspecified atom stereocenters. The molecule has 2 nitrogen and oxygen atoms in total. The zero-order chi connectivity index (χ0) is 18.3. The highest BCUT2D eigenvalue weighted by molar-refractivity contribution is 4.50. The Labute approximate surface area is 155 Å². The molecule has 0 aromatic carbocycles. The van der Waals surface area contributed by atoms with E-state index in [4.69, 9.17) is 5.73 Å². The fourth-order valence-corrected chi connectivity index (χ4v) is 2.69. The highest BCUT2D eigenvalue weighted by Gasteiger charge is 1.94. The summed E-state index contributed by atoms with van der Waals surface area (Å²) >= 11 is 0. The molecule has 0 aliphatic rings. The van der Waals surface area contributed by atoms with Crippen molar-refractivity contribution in [3.63, 3.8) is 0 Å². The molecule has 0 saturated heterocycles. The van der Waals surface area contributed by atoms with E-state index in [9.17, 15) is 0 Å². The molecule has 0 atom stereocenters. The maximum atomic E-state index is 5.48. The van der Waals surface area contributed by atoms with Gasteiger partial charge in [0.25, 0.3) is 0 Å². The zero-order valence-corrected chi connectivity index (χ0v) is 17.8. The molecule has 0 heterocycles. The maximum Gasteiger partial charge on any atom is -0.00533 e. The van der Waals surface area contributed by atoms with Crippen LogP contribution in [0.25, 0.3) is 0 Å². The molecule has 0 aliphatic heterocycles. The van der Waals surface area contributed by atoms with Crippen molar-refractivity contribution >= 4 is 0 Å². The van der Waals surface area contributed by atoms with Gasteiger partial charge in [-0.05, 0) is 33.6 Å². The largest absolute Gasteiger partial charge is 0.330 e. The molecule has 0 aromatic heterocycles. The molecule has 148 valence electrons. The second-order valence-electron chi connectivity index (χ2n) is 7.49. The van der Waals surface area contributed by atoms with Crippen molar-refractivity contribution in [1.82, 2.24) is 4.90 Å². The van der Waals surface area contributed by atoms with Crippen LogP contribution in [0.15, 0.2) is 0 Å². The quantitative estimate of drug-likeness (QED) is 0.295. The van der Waals surface area contributed by atoms with Crippen molar-refractivity contribution in [2.24, 2.45) is 5.73 Å². The van der Waals surface area contributed by atoms with Crippen molar-refractivity contribution in [2.75, 3.05) is 27.2 Å². The summed E-state index contributed by atoms with van der Waals surface area (Å²) in [6.07, 6.45) is 22.9. The summed E-state index contributed by atoms with van der Waals surface area (Å²) in [5.74, 6) is 0. The predicted molar refractivity (Wildman–Crippen MR) is 113 cm³/mol. The van der Waals surface area contributed by atoms with E-state index in [1.165, 1.54) is 103 Å². The van der Waals surface area contributed by atoms with E-state index in [0.29, 0.717) is 0 Å². The molecule has 24 heavy (non-hydrogen) atoms. The van der Waals surface area contributed by atoms with Gasteiger partial charge in [0, 0.05) is 0 Å². The van der Waals surface area contributed by atoms with Gasteiger partial charge in [0.2, 0.25) is 0 Å². The molecule has 0 fully saturated rings. The average molecular weight is 343 g/mol. The van der Waals surface area contributed by atoms with Gasteiger partial charge in [-0.15, -0.1) is 0 Å². The van der Waals surface area contributed by atoms with Crippen LogP contribution in [-0.2, 0) is 0 Å². The van der Waals surface area contributed by atoms with Crippen LogP contribution in [0.4, 0.5) is 0 Å². The van der Waals surface area contributed by atoms with Crippen molar-refractivity contribution in [1.29, 1.82) is 0 Å². The lowest BCUT2D eigenvalue weighted by Crippen LogP contribution is -2.08. The number of hydrogen-bond donors (Lipinski definition) is 1. The summed E-state index contributed by atoms with van der Waals surface area (Å²) < 4.78 is 0. The van der Waals surface area contributed by atoms with Crippen LogP contribution in [0.3, 0.4) is 0 Å². The second kappa shape index (κ2) is 25.2. The van der Waals surface area contributed by atoms with Crippen molar-refractivity contribution in [2.45, 2.75) is 117 Å². The van der Waals surface area contributed by atoms with Crippen LogP contribution in [-0.4, -0.2) is 32.1 Å². The molecule has 0 saturated carbocycles. The Hall–Kier alpha value is -0.0800. The molecule has 0 radical (unpaired) electrons. The molecule has 0 bridgehead atoms. The molecular formula is C22H50N2. The number of rotatable bonds is 17. The summed E-state index contributed by atoms with van der Waals surface area (Å²) in [5, 5.41) is 0. The summed E-state index contributed by atoms with van der Waals surface area (Å²) in [5.41, 5.74) is 5.48. The fourth-order valence-electron chi connectivity index (χ4n) is 2.69. The summed E-state index contributed by atoms with van der Waals surface area (Å²) in [4.78, 5) is 2.12. The first-order chi connectivity index (χ1) is 11.7. The molecule has 0 rings (SSSR count). The Morgan fingerprint density at radius 2 is 0.750 bits per heavy atom. The van der Waals surface area contributed by atoms with Gasteiger partial charge in [0.05, 0.1) is 0 Å². The molecular weight excluding hydrogens is 292 g/mol. The highest BCUT2D eigenvalue weighted by Crippen LogP contribution is 2.13. The van der Waals surface area contributed by atoms with E-state index in [1.54, 1.807) is 0 Å². The topological polar surface area (TPSA) is 29.3 Å². The molecule has 2 N–H and O–H groups in total. The van der Waals surface area contributed by atoms with E-state index in [0.717, 1.165) is 13.1 Å². The number of nitrogens with two attached hydrogens (primary N) is 1. The van der Waals surface area contributed by atoms with Crippen molar-refractivity contribution < 1.29 is 0 Å². The first-order valence-corrected chi connectivity index (χ1v) is 11.0. The highest BCUT2D eigenvalue weighted by atomic mass is 15.0. The minimum absolute atomic E-state index is 0.873. The number of nitrogens with zero attached hydrogens (tertiary/aromatic N) is 1. The Bertz CT molecular complexity index is 176. The van der Waals surface area contributed by atoms with Crippen LogP contribution in [0.5, 0.6) is 0 Å². The minimum Gasteiger partial charge on any atom is -0.330 e. The lowest BCUT2D eigenvalue weighted by molar-refractivity contribution is 0.434. The van der Waals surface area contributed by atoms with Gasteiger partial charge in [-0.1, -0.05) is 110 Å². The third-order valence-electron chi connectivity index (χ3n) is 4.69. The van der Waals surface area contributed by atoms with Crippen LogP contribution < -0.4 is 5.73 Å². The lowest BCUT2D eigenvalue weighted by Gasteiger charge is -2.03. The van der Waals surface area contributed by atoms with Gasteiger partial charge in [0.15, 0.2) is 0 Å². The Morgan fingerprint density at radius 1 is 0.500 bits per heavy atom. The van der Waals surface area contributed by atoms with E-state index in [2.05, 4.69) is 32.8 Å². The number of hydrogen-bond acceptors (Lipinski definition) is 2. The summed E-state index contributed by atoms with van der Waals surface area (Å²) in [6.45, 7) is 6.43. The van der Waals surface area contributed by atoms with Gasteiger partial charge < -0.3 is 10.6 Å². The first-order valence-electron chi connectivity index (χ1n) is 11.0. The normalized spacial score (nSPS) is 10.8. The molecule has 0 aliphatic carbocycles. The fraction of sp³-hybridized carbons (Fsp3) is 1.00. The van der Waals surface area contributed by atoms with Gasteiger partial charge in [0.1, 0.15) is 0 Å². The second-order valence-corrected chi connectivity index (χ2v) is 7.49. The SMILES string of the molecule is CCCCCCCCCCCCCCCCCCN.CCN(C)C. The van der Waals surface area contributed by atoms with Crippen molar-refractivity contribution in [3.05, 3.63) is 0 Å². The first kappa shape index (κ1) is 26.2. The van der Waals surface area contributed by atoms with Crippen LogP contribution in [0.2, 0.25) is 0 Å². The van der Waals surface area contributed by atoms with Gasteiger partial charge in [-0.3, -0.25) is 0 Å². The monoisotopic (exact) mass is 342 g/mol. The summed E-state index contributed by atoms with van der Waals surface area (Å²) in [7, 11) is 4.11. The van der Waals surface area contributed by atoms with Gasteiger partial charge in [-0.25, -0.2) is 0 Å². The smallest absolute Gasteiger partial charge is 0.00533 e. The third kappa shape index (κ3) is 29.9. The minimum atomic E-state index is 0.873. The molecule has 0 aromatic rings. The Morgan fingerprint density at radius 3 is 0.958 bits per heavy atom. The average Bonchev–Trinajstić information content (AvgIpc) is 2.59. The number of unbranched alkanes of at least 4 members (excludes halogenated alkanes) is 15. The van der Waals surface area contributed by atoms with Crippen LogP contribution >= 0.6 is 0 Å². The Kier molecular flexibility index (Phi) is 27.4. The maximum absolute atomic E-state index is 5.48. The predicted octanol–water partition coefficient (Wildman–Crippen LogP) is 6.77. The molecule has 0 amide bonds. The summed E-state index contributed by atoms with van der Waals surface area (Å²) in [6, 6.07) is 0. The van der Waals surface area contributed by atoms with Gasteiger partial charge >= 0.3 is 0 Å². The third-order valence-corrected chi connectivity index (χ3v) is 4.69. The van der Waals surface area contributed by atoms with Crippen LogP contribution in [0.1, 0.15) is 117 Å². The van der Waals surface area contributed by atoms with Crippen LogP contribution in [0, 0.1) is 0 Å². The molecule has 2 heteroatoms.